The fourth-order valence-corrected chi connectivity index (χ4v) is 2.38. The molecule has 0 unspecified atom stereocenters. The zero-order valence-electron chi connectivity index (χ0n) is 7.61. The third-order valence-electron chi connectivity index (χ3n) is 1.28. The predicted molar refractivity (Wildman–Crippen MR) is 52.8 cm³/mol. The molecule has 0 saturated heterocycles. The number of hydrogen-bond acceptors (Lipinski definition) is 1. The molecule has 0 bridgehead atoms. The molecule has 1 rings (SSSR count). The first-order valence-electron chi connectivity index (χ1n) is 3.76. The summed E-state index contributed by atoms with van der Waals surface area (Å²) in [5, 5.41) is 2.15. The molecule has 0 aromatic carbocycles. The third-order valence-corrected chi connectivity index (χ3v) is 3.14. The number of aromatic nitrogens is 1. The van der Waals surface area contributed by atoms with Gasteiger partial charge in [-0.1, -0.05) is 11.3 Å². The minimum absolute atomic E-state index is 1.05. The summed E-state index contributed by atoms with van der Waals surface area (Å²) in [4.78, 5) is 0. The average molecular weight is 294 g/mol. The molecule has 0 N–H and O–H groups in total. The predicted octanol–water partition coefficient (Wildman–Crippen LogP) is 3.43. The Bertz CT molecular complexity index is 262. The van der Waals surface area contributed by atoms with Crippen molar-refractivity contribution in [1.82, 2.24) is 0 Å². The Labute approximate surface area is 92.0 Å². The van der Waals surface area contributed by atoms with Gasteiger partial charge in [0.25, 0.3) is 0 Å². The first kappa shape index (κ1) is 13.9. The van der Waals surface area contributed by atoms with Crippen LogP contribution >= 0.6 is 27.3 Å². The number of rotatable bonds is 1. The van der Waals surface area contributed by atoms with E-state index in [0.717, 1.165) is 6.54 Å². The van der Waals surface area contributed by atoms with Crippen LogP contribution in [-0.2, 0) is 6.54 Å². The van der Waals surface area contributed by atoms with Crippen molar-refractivity contribution in [2.24, 2.45) is 0 Å². The van der Waals surface area contributed by atoms with E-state index in [2.05, 4.69) is 39.7 Å². The quantitative estimate of drug-likeness (QED) is 0.424. The van der Waals surface area contributed by atoms with Crippen molar-refractivity contribution in [3.05, 3.63) is 15.0 Å². The number of thiazole rings is 1. The van der Waals surface area contributed by atoms with E-state index in [-0.39, 0.29) is 0 Å². The van der Waals surface area contributed by atoms with Crippen molar-refractivity contribution in [1.29, 1.82) is 0 Å². The van der Waals surface area contributed by atoms with E-state index in [1.807, 2.05) is 0 Å². The molecule has 8 heteroatoms. The Morgan fingerprint density at radius 3 is 2.00 bits per heavy atom. The molecule has 1 nitrogen and oxygen atoms in total. The van der Waals surface area contributed by atoms with Gasteiger partial charge < -0.3 is 17.3 Å². The highest BCUT2D eigenvalue weighted by Gasteiger charge is 2.20. The van der Waals surface area contributed by atoms with Crippen LogP contribution in [0.1, 0.15) is 12.6 Å². The molecule has 0 aliphatic carbocycles. The molecule has 0 aliphatic heterocycles. The number of nitrogens with zero attached hydrogens (tertiary/aromatic N) is 1. The van der Waals surface area contributed by atoms with Gasteiger partial charge in [-0.3, -0.25) is 0 Å². The summed E-state index contributed by atoms with van der Waals surface area (Å²) in [6.45, 7) is 5.31. The van der Waals surface area contributed by atoms with Crippen LogP contribution < -0.4 is 4.57 Å². The average Bonchev–Trinajstić information content (AvgIpc) is 2.27. The fraction of sp³-hybridized carbons (Fsp3) is 0.500. The summed E-state index contributed by atoms with van der Waals surface area (Å²) in [7, 11) is -6.00. The van der Waals surface area contributed by atoms with Crippen LogP contribution in [0.4, 0.5) is 17.3 Å². The third kappa shape index (κ3) is 6.36. The molecule has 0 amide bonds. The van der Waals surface area contributed by atoms with Crippen LogP contribution in [0.5, 0.6) is 0 Å². The van der Waals surface area contributed by atoms with Crippen LogP contribution in [0.2, 0.25) is 0 Å². The Balaban J connectivity index is 0.000000292. The molecule has 0 saturated carbocycles. The summed E-state index contributed by atoms with van der Waals surface area (Å²) in [5.41, 5.74) is 1.33. The molecule has 1 heterocycles. The topological polar surface area (TPSA) is 3.88 Å². The molecule has 0 fully saturated rings. The molecular weight excluding hydrogens is 285 g/mol. The van der Waals surface area contributed by atoms with Crippen molar-refractivity contribution in [2.45, 2.75) is 20.4 Å². The van der Waals surface area contributed by atoms with E-state index in [1.54, 1.807) is 11.3 Å². The van der Waals surface area contributed by atoms with Crippen LogP contribution in [0.25, 0.3) is 0 Å². The monoisotopic (exact) mass is 293 g/mol. The van der Waals surface area contributed by atoms with E-state index in [1.165, 1.54) is 9.61 Å². The van der Waals surface area contributed by atoms with Gasteiger partial charge in [-0.25, -0.2) is 0 Å². The van der Waals surface area contributed by atoms with Crippen LogP contribution in [0, 0.1) is 6.92 Å². The Kier molecular flexibility index (Phi) is 5.65. The van der Waals surface area contributed by atoms with Crippen molar-refractivity contribution >= 4 is 34.5 Å². The molecule has 82 valence electrons. The summed E-state index contributed by atoms with van der Waals surface area (Å²) in [5.74, 6) is 0. The second-order valence-electron chi connectivity index (χ2n) is 2.37. The zero-order valence-corrected chi connectivity index (χ0v) is 10.0. The van der Waals surface area contributed by atoms with Gasteiger partial charge >= 0.3 is 11.2 Å². The highest BCUT2D eigenvalue weighted by atomic mass is 79.9. The molecule has 0 aliphatic rings. The van der Waals surface area contributed by atoms with Crippen molar-refractivity contribution < 1.29 is 21.8 Å². The largest absolute Gasteiger partial charge is 0.673 e. The second-order valence-corrected chi connectivity index (χ2v) is 4.50. The lowest BCUT2D eigenvalue weighted by molar-refractivity contribution is -0.704. The Morgan fingerprint density at radius 1 is 1.43 bits per heavy atom. The van der Waals surface area contributed by atoms with E-state index in [9.17, 15) is 17.3 Å². The van der Waals surface area contributed by atoms with Gasteiger partial charge in [0.1, 0.15) is 6.54 Å². The lowest BCUT2D eigenvalue weighted by Gasteiger charge is -1.94. The fourth-order valence-electron chi connectivity index (χ4n) is 0.774. The van der Waals surface area contributed by atoms with Gasteiger partial charge in [0.05, 0.1) is 5.38 Å². The Morgan fingerprint density at radius 2 is 1.86 bits per heavy atom. The first-order valence-corrected chi connectivity index (χ1v) is 5.43. The van der Waals surface area contributed by atoms with E-state index in [0.29, 0.717) is 0 Å². The molecule has 1 aromatic rings. The first-order chi connectivity index (χ1) is 6.25. The summed E-state index contributed by atoms with van der Waals surface area (Å²) < 4.78 is 42.4. The van der Waals surface area contributed by atoms with Gasteiger partial charge in [0.15, 0.2) is 5.69 Å². The SMILES string of the molecule is CC[n+]1c(C)csc1Br.F[B-](F)(F)F. The Hall–Kier alpha value is -0.105. The zero-order chi connectivity index (χ0) is 11.4. The maximum atomic E-state index is 9.75. The summed E-state index contributed by atoms with van der Waals surface area (Å²) in [6, 6.07) is 0. The highest BCUT2D eigenvalue weighted by Crippen LogP contribution is 2.12. The number of halogens is 5. The molecule has 14 heavy (non-hydrogen) atoms. The van der Waals surface area contributed by atoms with E-state index < -0.39 is 7.25 Å². The van der Waals surface area contributed by atoms with Gasteiger partial charge in [0.2, 0.25) is 0 Å². The minimum atomic E-state index is -6.00. The van der Waals surface area contributed by atoms with Gasteiger partial charge in [-0.05, 0) is 6.92 Å². The molecule has 0 atom stereocenters. The standard InChI is InChI=1S/C6H9BrNS.BF4/c1-3-8-5(2)4-9-6(8)7;2-1(3,4)5/h4H,3H2,1-2H3;/q+1;-1. The summed E-state index contributed by atoms with van der Waals surface area (Å²) >= 11 is 5.19. The van der Waals surface area contributed by atoms with E-state index in [4.69, 9.17) is 0 Å². The van der Waals surface area contributed by atoms with Crippen molar-refractivity contribution in [2.75, 3.05) is 0 Å². The normalized spacial score (nSPS) is 10.8. The van der Waals surface area contributed by atoms with Gasteiger partial charge in [-0.2, -0.15) is 4.57 Å². The molecule has 1 aromatic heterocycles. The molecular formula is C6H9BBrF4NS. The van der Waals surface area contributed by atoms with Crippen LogP contribution in [0.15, 0.2) is 9.30 Å². The van der Waals surface area contributed by atoms with E-state index >= 15 is 0 Å². The maximum Gasteiger partial charge on any atom is 0.673 e. The van der Waals surface area contributed by atoms with Gasteiger partial charge in [-0.15, -0.1) is 0 Å². The molecule has 0 radical (unpaired) electrons. The van der Waals surface area contributed by atoms with Crippen LogP contribution in [-0.4, -0.2) is 7.25 Å². The smallest absolute Gasteiger partial charge is 0.418 e. The maximum absolute atomic E-state index is 9.75. The van der Waals surface area contributed by atoms with Crippen molar-refractivity contribution in [3.63, 3.8) is 0 Å². The number of hydrogen-bond donors (Lipinski definition) is 0. The van der Waals surface area contributed by atoms with Crippen molar-refractivity contribution in [3.8, 4) is 0 Å². The van der Waals surface area contributed by atoms with Crippen LogP contribution in [0.3, 0.4) is 0 Å². The minimum Gasteiger partial charge on any atom is -0.418 e. The highest BCUT2D eigenvalue weighted by molar-refractivity contribution is 9.11. The van der Waals surface area contributed by atoms with Gasteiger partial charge in [0, 0.05) is 22.9 Å². The summed E-state index contributed by atoms with van der Waals surface area (Å²) in [6.07, 6.45) is 0. The molecule has 0 spiro atoms. The second kappa shape index (κ2) is 5.70. The lowest BCUT2D eigenvalue weighted by Crippen LogP contribution is -2.34. The lowest BCUT2D eigenvalue weighted by atomic mass is 10.3. The number of aryl methyl sites for hydroxylation is 1.